The molecule has 0 spiro atoms. The molecule has 0 unspecified atom stereocenters. The van der Waals surface area contributed by atoms with E-state index in [0.29, 0.717) is 22.9 Å². The number of nitrogens with one attached hydrogen (secondary N) is 1. The Labute approximate surface area is 161 Å². The largest absolute Gasteiger partial charge is 0.485 e. The number of fused-ring (bicyclic) bond motifs is 1. The molecule has 8 heteroatoms. The van der Waals surface area contributed by atoms with Gasteiger partial charge in [-0.05, 0) is 31.2 Å². The van der Waals surface area contributed by atoms with E-state index in [1.807, 2.05) is 24.3 Å². The van der Waals surface area contributed by atoms with Crippen molar-refractivity contribution in [3.63, 3.8) is 0 Å². The number of hydrazone groups is 2. The lowest BCUT2D eigenvalue weighted by Gasteiger charge is -2.24. The smallest absolute Gasteiger partial charge is 0.284 e. The van der Waals surface area contributed by atoms with E-state index in [-0.39, 0.29) is 12.5 Å². The van der Waals surface area contributed by atoms with Crippen LogP contribution < -0.4 is 19.9 Å². The monoisotopic (exact) mass is 378 g/mol. The Hall–Kier alpha value is -3.68. The molecule has 2 heterocycles. The first kappa shape index (κ1) is 17.7. The van der Waals surface area contributed by atoms with Crippen LogP contribution in [0.1, 0.15) is 6.92 Å². The summed E-state index contributed by atoms with van der Waals surface area (Å²) in [5, 5.41) is 9.55. The molecule has 0 aromatic heterocycles. The van der Waals surface area contributed by atoms with Crippen LogP contribution in [0.15, 0.2) is 64.8 Å². The average Bonchev–Trinajstić information content (AvgIpc) is 3.02. The first-order valence-corrected chi connectivity index (χ1v) is 8.79. The van der Waals surface area contributed by atoms with Gasteiger partial charge in [-0.1, -0.05) is 30.3 Å². The molecular formula is C20H18N4O4. The molecule has 2 atom stereocenters. The predicted molar refractivity (Wildman–Crippen MR) is 104 cm³/mol. The van der Waals surface area contributed by atoms with Gasteiger partial charge < -0.3 is 9.47 Å². The molecule has 2 aromatic rings. The zero-order valence-electron chi connectivity index (χ0n) is 15.1. The predicted octanol–water partition coefficient (Wildman–Crippen LogP) is 1.97. The Morgan fingerprint density at radius 2 is 1.89 bits per heavy atom. The van der Waals surface area contributed by atoms with Gasteiger partial charge in [0.25, 0.3) is 11.8 Å². The second-order valence-electron chi connectivity index (χ2n) is 6.32. The van der Waals surface area contributed by atoms with Gasteiger partial charge in [-0.2, -0.15) is 15.2 Å². The summed E-state index contributed by atoms with van der Waals surface area (Å²) in [5.41, 5.74) is 3.68. The Balaban J connectivity index is 1.37. The molecule has 8 nitrogen and oxygen atoms in total. The first-order chi connectivity index (χ1) is 13.6. The van der Waals surface area contributed by atoms with Gasteiger partial charge in [0.2, 0.25) is 6.10 Å². The molecular weight excluding hydrogens is 360 g/mol. The van der Waals surface area contributed by atoms with E-state index in [0.717, 1.165) is 0 Å². The Morgan fingerprint density at radius 1 is 1.18 bits per heavy atom. The van der Waals surface area contributed by atoms with Crippen LogP contribution in [0.4, 0.5) is 5.69 Å². The molecule has 2 aliphatic rings. The fraction of sp³-hybridized carbons (Fsp3) is 0.200. The highest BCUT2D eigenvalue weighted by atomic mass is 16.6. The van der Waals surface area contributed by atoms with E-state index in [1.165, 1.54) is 11.2 Å². The Morgan fingerprint density at radius 3 is 2.68 bits per heavy atom. The van der Waals surface area contributed by atoms with Crippen molar-refractivity contribution in [2.75, 3.05) is 11.6 Å². The maximum Gasteiger partial charge on any atom is 0.284 e. The van der Waals surface area contributed by atoms with Gasteiger partial charge in [-0.15, -0.1) is 0 Å². The number of carbonyl (C=O) groups is 2. The average molecular weight is 378 g/mol. The van der Waals surface area contributed by atoms with Crippen molar-refractivity contribution in [1.29, 1.82) is 0 Å². The molecule has 1 N–H and O–H groups in total. The third-order valence-electron chi connectivity index (χ3n) is 4.38. The minimum absolute atomic E-state index is 0.0863. The molecule has 142 valence electrons. The van der Waals surface area contributed by atoms with Crippen molar-refractivity contribution < 1.29 is 19.1 Å². The number of hydrogen-bond acceptors (Lipinski definition) is 6. The maximum absolute atomic E-state index is 12.6. The van der Waals surface area contributed by atoms with E-state index in [2.05, 4.69) is 15.6 Å². The molecule has 2 amide bonds. The topological polar surface area (TPSA) is 92.6 Å². The summed E-state index contributed by atoms with van der Waals surface area (Å²) in [6, 6.07) is 16.3. The number of para-hydroxylation sites is 3. The SMILES string of the molecule is CC1=NN(c2ccccc2)C(=O)[C@H]1/C=N\NC(=O)[C@@H]1COc2ccccc2O1. The van der Waals surface area contributed by atoms with Crippen LogP contribution in [-0.4, -0.2) is 36.5 Å². The minimum atomic E-state index is -0.818. The number of carbonyl (C=O) groups excluding carboxylic acids is 2. The lowest BCUT2D eigenvalue weighted by atomic mass is 10.1. The summed E-state index contributed by atoms with van der Waals surface area (Å²) in [5.74, 6) is -0.215. The fourth-order valence-corrected chi connectivity index (χ4v) is 2.90. The highest BCUT2D eigenvalue weighted by molar-refractivity contribution is 6.23. The molecule has 0 aliphatic carbocycles. The molecule has 0 fully saturated rings. The van der Waals surface area contributed by atoms with Crippen LogP contribution >= 0.6 is 0 Å². The van der Waals surface area contributed by atoms with Crippen molar-refractivity contribution >= 4 is 29.4 Å². The fourth-order valence-electron chi connectivity index (χ4n) is 2.90. The van der Waals surface area contributed by atoms with Gasteiger partial charge in [-0.25, -0.2) is 5.43 Å². The van der Waals surface area contributed by atoms with Crippen LogP contribution in [0, 0.1) is 5.92 Å². The summed E-state index contributed by atoms with van der Waals surface area (Å²) in [6.45, 7) is 1.83. The van der Waals surface area contributed by atoms with Gasteiger partial charge in [0.15, 0.2) is 11.5 Å². The summed E-state index contributed by atoms with van der Waals surface area (Å²) in [7, 11) is 0. The van der Waals surface area contributed by atoms with Gasteiger partial charge >= 0.3 is 0 Å². The molecule has 0 radical (unpaired) electrons. The minimum Gasteiger partial charge on any atom is -0.485 e. The van der Waals surface area contributed by atoms with Crippen molar-refractivity contribution in [2.24, 2.45) is 16.1 Å². The number of benzene rings is 2. The summed E-state index contributed by atoms with van der Waals surface area (Å²) in [6.07, 6.45) is 0.557. The van der Waals surface area contributed by atoms with E-state index < -0.39 is 17.9 Å². The molecule has 2 aliphatic heterocycles. The van der Waals surface area contributed by atoms with E-state index >= 15 is 0 Å². The van der Waals surface area contributed by atoms with Crippen LogP contribution in [0.3, 0.4) is 0 Å². The molecule has 0 saturated carbocycles. The van der Waals surface area contributed by atoms with Crippen molar-refractivity contribution in [3.05, 3.63) is 54.6 Å². The van der Waals surface area contributed by atoms with Crippen LogP contribution in [0.25, 0.3) is 0 Å². The normalized spacial score (nSPS) is 21.0. The number of nitrogens with zero attached hydrogens (tertiary/aromatic N) is 3. The highest BCUT2D eigenvalue weighted by Gasteiger charge is 2.33. The molecule has 2 aromatic carbocycles. The van der Waals surface area contributed by atoms with Crippen molar-refractivity contribution in [1.82, 2.24) is 5.43 Å². The summed E-state index contributed by atoms with van der Waals surface area (Å²) >= 11 is 0. The molecule has 0 bridgehead atoms. The maximum atomic E-state index is 12.6. The number of ether oxygens (including phenoxy) is 2. The standard InChI is InChI=1S/C20H18N4O4/c1-13-15(20(26)24(23-13)14-7-3-2-4-8-14)11-21-22-19(25)18-12-27-16-9-5-6-10-17(16)28-18/h2-11,15,18H,12H2,1H3,(H,22,25)/b21-11-/t15-,18-/m0/s1. The van der Waals surface area contributed by atoms with Gasteiger partial charge in [-0.3, -0.25) is 9.59 Å². The number of hydrogen-bond donors (Lipinski definition) is 1. The lowest BCUT2D eigenvalue weighted by Crippen LogP contribution is -2.42. The Kier molecular flexibility index (Phi) is 4.76. The zero-order valence-corrected chi connectivity index (χ0v) is 15.1. The summed E-state index contributed by atoms with van der Waals surface area (Å²) < 4.78 is 11.1. The highest BCUT2D eigenvalue weighted by Crippen LogP contribution is 2.30. The second-order valence-corrected chi connectivity index (χ2v) is 6.32. The van der Waals surface area contributed by atoms with Crippen molar-refractivity contribution in [2.45, 2.75) is 13.0 Å². The lowest BCUT2D eigenvalue weighted by molar-refractivity contribution is -0.130. The van der Waals surface area contributed by atoms with E-state index in [1.54, 1.807) is 37.3 Å². The van der Waals surface area contributed by atoms with E-state index in [4.69, 9.17) is 9.47 Å². The summed E-state index contributed by atoms with van der Waals surface area (Å²) in [4.78, 5) is 24.9. The number of amides is 2. The second kappa shape index (κ2) is 7.51. The van der Waals surface area contributed by atoms with Crippen molar-refractivity contribution in [3.8, 4) is 11.5 Å². The van der Waals surface area contributed by atoms with Crippen LogP contribution in [-0.2, 0) is 9.59 Å². The molecule has 28 heavy (non-hydrogen) atoms. The van der Waals surface area contributed by atoms with Crippen LogP contribution in [0.2, 0.25) is 0 Å². The molecule has 4 rings (SSSR count). The van der Waals surface area contributed by atoms with Gasteiger partial charge in [0.05, 0.1) is 11.4 Å². The zero-order chi connectivity index (χ0) is 19.5. The Bertz CT molecular complexity index is 958. The number of anilines is 1. The first-order valence-electron chi connectivity index (χ1n) is 8.79. The quantitative estimate of drug-likeness (QED) is 0.650. The third kappa shape index (κ3) is 3.44. The molecule has 0 saturated heterocycles. The van der Waals surface area contributed by atoms with Gasteiger partial charge in [0.1, 0.15) is 12.5 Å². The third-order valence-corrected chi connectivity index (χ3v) is 4.38. The number of rotatable bonds is 4. The van der Waals surface area contributed by atoms with Gasteiger partial charge in [0, 0.05) is 6.21 Å². The van der Waals surface area contributed by atoms with Crippen LogP contribution in [0.5, 0.6) is 11.5 Å². The van der Waals surface area contributed by atoms with E-state index in [9.17, 15) is 9.59 Å².